The SMILES string of the molecule is Cn1cc(N)c(C(=O)N2CC(CO)OC(C)(C)C2)n1. The highest BCUT2D eigenvalue weighted by atomic mass is 16.5. The number of hydrogen-bond acceptors (Lipinski definition) is 5. The quantitative estimate of drug-likeness (QED) is 0.762. The molecule has 0 saturated carbocycles. The Bertz CT molecular complexity index is 483. The molecule has 0 spiro atoms. The molecule has 0 aliphatic carbocycles. The number of morpholine rings is 1. The Kier molecular flexibility index (Phi) is 3.51. The third-order valence-electron chi connectivity index (χ3n) is 3.03. The maximum absolute atomic E-state index is 12.4. The summed E-state index contributed by atoms with van der Waals surface area (Å²) in [4.78, 5) is 14.0. The van der Waals surface area contributed by atoms with E-state index in [0.29, 0.717) is 18.8 Å². The Hall–Kier alpha value is -1.60. The zero-order chi connectivity index (χ0) is 14.2. The number of rotatable bonds is 2. The van der Waals surface area contributed by atoms with Gasteiger partial charge in [-0.1, -0.05) is 0 Å². The van der Waals surface area contributed by atoms with E-state index in [0.717, 1.165) is 0 Å². The number of nitrogens with zero attached hydrogens (tertiary/aromatic N) is 3. The summed E-state index contributed by atoms with van der Waals surface area (Å²) in [7, 11) is 1.72. The van der Waals surface area contributed by atoms with Crippen LogP contribution in [0.5, 0.6) is 0 Å². The summed E-state index contributed by atoms with van der Waals surface area (Å²) in [5.41, 5.74) is 5.88. The Labute approximate surface area is 111 Å². The molecule has 1 saturated heterocycles. The number of nitrogen functional groups attached to an aromatic ring is 1. The number of aliphatic hydroxyl groups is 1. The van der Waals surface area contributed by atoms with Gasteiger partial charge < -0.3 is 20.5 Å². The van der Waals surface area contributed by atoms with Crippen LogP contribution < -0.4 is 5.73 Å². The molecule has 106 valence electrons. The summed E-state index contributed by atoms with van der Waals surface area (Å²) < 4.78 is 7.19. The number of aromatic nitrogens is 2. The molecule has 1 unspecified atom stereocenters. The first kappa shape index (κ1) is 13.8. The molecule has 19 heavy (non-hydrogen) atoms. The van der Waals surface area contributed by atoms with Gasteiger partial charge in [-0.05, 0) is 13.8 Å². The second kappa shape index (κ2) is 4.82. The molecular weight excluding hydrogens is 248 g/mol. The topological polar surface area (TPSA) is 93.6 Å². The Morgan fingerprint density at radius 2 is 2.37 bits per heavy atom. The average molecular weight is 268 g/mol. The lowest BCUT2D eigenvalue weighted by atomic mass is 10.0. The minimum absolute atomic E-state index is 0.120. The molecule has 1 aliphatic rings. The van der Waals surface area contributed by atoms with Crippen molar-refractivity contribution in [3.63, 3.8) is 0 Å². The number of aryl methyl sites for hydroxylation is 1. The van der Waals surface area contributed by atoms with E-state index in [1.807, 2.05) is 13.8 Å². The fraction of sp³-hybridized carbons (Fsp3) is 0.667. The number of nitrogens with two attached hydrogens (primary N) is 1. The molecule has 2 rings (SSSR count). The standard InChI is InChI=1S/C12H20N4O3/c1-12(2)7-16(4-8(6-17)19-12)11(18)10-9(13)5-15(3)14-10/h5,8,17H,4,6-7,13H2,1-3H3. The van der Waals surface area contributed by atoms with Crippen LogP contribution in [0.4, 0.5) is 5.69 Å². The van der Waals surface area contributed by atoms with Gasteiger partial charge in [0.1, 0.15) is 0 Å². The van der Waals surface area contributed by atoms with E-state index in [9.17, 15) is 9.90 Å². The van der Waals surface area contributed by atoms with Crippen molar-refractivity contribution in [3.05, 3.63) is 11.9 Å². The van der Waals surface area contributed by atoms with E-state index in [1.54, 1.807) is 18.1 Å². The van der Waals surface area contributed by atoms with Crippen molar-refractivity contribution in [3.8, 4) is 0 Å². The lowest BCUT2D eigenvalue weighted by Crippen LogP contribution is -2.55. The highest BCUT2D eigenvalue weighted by Gasteiger charge is 2.36. The van der Waals surface area contributed by atoms with Gasteiger partial charge in [-0.25, -0.2) is 0 Å². The number of carbonyl (C=O) groups excluding carboxylic acids is 1. The molecule has 0 radical (unpaired) electrons. The molecule has 1 fully saturated rings. The van der Waals surface area contributed by atoms with Gasteiger partial charge in [0.15, 0.2) is 5.69 Å². The van der Waals surface area contributed by atoms with Crippen molar-refractivity contribution in [1.82, 2.24) is 14.7 Å². The van der Waals surface area contributed by atoms with Crippen molar-refractivity contribution >= 4 is 11.6 Å². The normalized spacial score (nSPS) is 22.5. The number of anilines is 1. The lowest BCUT2D eigenvalue weighted by Gasteiger charge is -2.42. The molecule has 0 aromatic carbocycles. The van der Waals surface area contributed by atoms with Crippen LogP contribution in [0.1, 0.15) is 24.3 Å². The van der Waals surface area contributed by atoms with E-state index in [2.05, 4.69) is 5.10 Å². The van der Waals surface area contributed by atoms with Gasteiger partial charge >= 0.3 is 0 Å². The van der Waals surface area contributed by atoms with Crippen LogP contribution >= 0.6 is 0 Å². The Balaban J connectivity index is 2.21. The summed E-state index contributed by atoms with van der Waals surface area (Å²) in [5.74, 6) is -0.229. The number of ether oxygens (including phenoxy) is 1. The summed E-state index contributed by atoms with van der Waals surface area (Å²) in [5, 5.41) is 13.3. The summed E-state index contributed by atoms with van der Waals surface area (Å²) in [6.45, 7) is 4.44. The third-order valence-corrected chi connectivity index (χ3v) is 3.03. The van der Waals surface area contributed by atoms with Crippen LogP contribution in [0.25, 0.3) is 0 Å². The van der Waals surface area contributed by atoms with Crippen molar-refractivity contribution in [1.29, 1.82) is 0 Å². The maximum atomic E-state index is 12.4. The molecule has 1 aromatic rings. The van der Waals surface area contributed by atoms with Gasteiger partial charge in [0.05, 0.1) is 24.0 Å². The zero-order valence-electron chi connectivity index (χ0n) is 11.5. The molecule has 1 aromatic heterocycles. The highest BCUT2D eigenvalue weighted by Crippen LogP contribution is 2.23. The van der Waals surface area contributed by atoms with Gasteiger partial charge in [-0.15, -0.1) is 0 Å². The van der Waals surface area contributed by atoms with Crippen molar-refractivity contribution in [2.24, 2.45) is 7.05 Å². The molecule has 3 N–H and O–H groups in total. The minimum Gasteiger partial charge on any atom is -0.396 e. The monoisotopic (exact) mass is 268 g/mol. The van der Waals surface area contributed by atoms with E-state index in [-0.39, 0.29) is 24.3 Å². The number of hydrogen-bond donors (Lipinski definition) is 2. The predicted octanol–water partition coefficient (Wildman–Crippen LogP) is -0.386. The minimum atomic E-state index is -0.495. The van der Waals surface area contributed by atoms with Crippen molar-refractivity contribution < 1.29 is 14.6 Å². The number of aliphatic hydroxyl groups excluding tert-OH is 1. The smallest absolute Gasteiger partial charge is 0.276 e. The molecule has 1 aliphatic heterocycles. The first-order valence-corrected chi connectivity index (χ1v) is 6.19. The molecule has 0 bridgehead atoms. The van der Waals surface area contributed by atoms with E-state index < -0.39 is 5.60 Å². The third kappa shape index (κ3) is 2.87. The summed E-state index contributed by atoms with van der Waals surface area (Å²) in [6, 6.07) is 0. The van der Waals surface area contributed by atoms with Gasteiger partial charge in [0.25, 0.3) is 5.91 Å². The first-order chi connectivity index (χ1) is 8.82. The van der Waals surface area contributed by atoms with Gasteiger partial charge in [-0.3, -0.25) is 9.48 Å². The summed E-state index contributed by atoms with van der Waals surface area (Å²) >= 11 is 0. The van der Waals surface area contributed by atoms with Crippen LogP contribution in [-0.2, 0) is 11.8 Å². The average Bonchev–Trinajstić information content (AvgIpc) is 2.65. The van der Waals surface area contributed by atoms with E-state index in [4.69, 9.17) is 10.5 Å². The van der Waals surface area contributed by atoms with Crippen molar-refractivity contribution in [2.75, 3.05) is 25.4 Å². The number of carbonyl (C=O) groups is 1. The van der Waals surface area contributed by atoms with Gasteiger partial charge in [-0.2, -0.15) is 5.10 Å². The molecular formula is C12H20N4O3. The van der Waals surface area contributed by atoms with E-state index in [1.165, 1.54) is 4.68 Å². The van der Waals surface area contributed by atoms with E-state index >= 15 is 0 Å². The van der Waals surface area contributed by atoms with Crippen LogP contribution in [0.3, 0.4) is 0 Å². The molecule has 7 heteroatoms. The van der Waals surface area contributed by atoms with Crippen LogP contribution in [-0.4, -0.2) is 57.1 Å². The van der Waals surface area contributed by atoms with Crippen LogP contribution in [0.15, 0.2) is 6.20 Å². The summed E-state index contributed by atoms with van der Waals surface area (Å²) in [6.07, 6.45) is 1.22. The Morgan fingerprint density at radius 1 is 1.68 bits per heavy atom. The molecule has 1 atom stereocenters. The zero-order valence-corrected chi connectivity index (χ0v) is 11.5. The lowest BCUT2D eigenvalue weighted by molar-refractivity contribution is -0.139. The molecule has 1 amide bonds. The van der Waals surface area contributed by atoms with Crippen molar-refractivity contribution in [2.45, 2.75) is 25.6 Å². The second-order valence-electron chi connectivity index (χ2n) is 5.47. The second-order valence-corrected chi connectivity index (χ2v) is 5.47. The molecule has 7 nitrogen and oxygen atoms in total. The first-order valence-electron chi connectivity index (χ1n) is 6.19. The predicted molar refractivity (Wildman–Crippen MR) is 69.6 cm³/mol. The largest absolute Gasteiger partial charge is 0.396 e. The molecule has 2 heterocycles. The maximum Gasteiger partial charge on any atom is 0.276 e. The fourth-order valence-electron chi connectivity index (χ4n) is 2.37. The Morgan fingerprint density at radius 3 is 2.89 bits per heavy atom. The highest BCUT2D eigenvalue weighted by molar-refractivity contribution is 5.97. The number of amides is 1. The van der Waals surface area contributed by atoms with Gasteiger partial charge in [0.2, 0.25) is 0 Å². The van der Waals surface area contributed by atoms with Gasteiger partial charge in [0, 0.05) is 26.3 Å². The van der Waals surface area contributed by atoms with Crippen LogP contribution in [0.2, 0.25) is 0 Å². The van der Waals surface area contributed by atoms with Crippen LogP contribution in [0, 0.1) is 0 Å². The fourth-order valence-corrected chi connectivity index (χ4v) is 2.37.